The van der Waals surface area contributed by atoms with E-state index in [2.05, 4.69) is 11.9 Å². The van der Waals surface area contributed by atoms with Gasteiger partial charge in [0, 0.05) is 11.2 Å². The standard InChI is InChI=1S/C16H17Cl2N/c1-3-4-12-9-13(17)6-7-14(12)16(18)15-8-5-11(2)10-19-15/h5-10,16H,3-4H2,1-2H3. The van der Waals surface area contributed by atoms with E-state index in [0.717, 1.165) is 34.7 Å². The Labute approximate surface area is 124 Å². The van der Waals surface area contributed by atoms with Gasteiger partial charge in [-0.15, -0.1) is 11.6 Å². The van der Waals surface area contributed by atoms with Crippen molar-refractivity contribution in [2.24, 2.45) is 0 Å². The van der Waals surface area contributed by atoms with Gasteiger partial charge in [-0.25, -0.2) is 0 Å². The van der Waals surface area contributed by atoms with E-state index in [4.69, 9.17) is 23.2 Å². The summed E-state index contributed by atoms with van der Waals surface area (Å²) < 4.78 is 0. The van der Waals surface area contributed by atoms with E-state index in [1.54, 1.807) is 0 Å². The first-order chi connectivity index (χ1) is 9.11. The first-order valence-corrected chi connectivity index (χ1v) is 7.28. The zero-order valence-corrected chi connectivity index (χ0v) is 12.7. The molecule has 0 bridgehead atoms. The molecule has 1 aromatic carbocycles. The number of hydrogen-bond donors (Lipinski definition) is 0. The topological polar surface area (TPSA) is 12.9 Å². The summed E-state index contributed by atoms with van der Waals surface area (Å²) in [5.74, 6) is 0. The van der Waals surface area contributed by atoms with Crippen molar-refractivity contribution in [1.82, 2.24) is 4.98 Å². The van der Waals surface area contributed by atoms with E-state index in [9.17, 15) is 0 Å². The summed E-state index contributed by atoms with van der Waals surface area (Å²) in [4.78, 5) is 4.41. The summed E-state index contributed by atoms with van der Waals surface area (Å²) in [5, 5.41) is 0.535. The van der Waals surface area contributed by atoms with Gasteiger partial charge in [0.05, 0.1) is 5.69 Å². The third-order valence-corrected chi connectivity index (χ3v) is 3.79. The number of halogens is 2. The van der Waals surface area contributed by atoms with Crippen LogP contribution in [0.4, 0.5) is 0 Å². The van der Waals surface area contributed by atoms with E-state index < -0.39 is 0 Å². The van der Waals surface area contributed by atoms with Crippen molar-refractivity contribution in [2.45, 2.75) is 32.1 Å². The SMILES string of the molecule is CCCc1cc(Cl)ccc1C(Cl)c1ccc(C)cn1. The molecule has 0 amide bonds. The quantitative estimate of drug-likeness (QED) is 0.695. The summed E-state index contributed by atoms with van der Waals surface area (Å²) >= 11 is 12.6. The average Bonchev–Trinajstić information content (AvgIpc) is 2.39. The van der Waals surface area contributed by atoms with E-state index in [1.807, 2.05) is 43.5 Å². The summed E-state index contributed by atoms with van der Waals surface area (Å²) in [6, 6.07) is 9.92. The number of hydrogen-bond acceptors (Lipinski definition) is 1. The molecule has 3 heteroatoms. The maximum absolute atomic E-state index is 6.57. The fourth-order valence-electron chi connectivity index (χ4n) is 2.10. The average molecular weight is 294 g/mol. The Bertz CT molecular complexity index is 549. The molecule has 100 valence electrons. The van der Waals surface area contributed by atoms with Crippen LogP contribution in [0.5, 0.6) is 0 Å². The largest absolute Gasteiger partial charge is 0.259 e. The molecule has 19 heavy (non-hydrogen) atoms. The smallest absolute Gasteiger partial charge is 0.101 e. The van der Waals surface area contributed by atoms with E-state index in [0.29, 0.717) is 0 Å². The molecule has 1 aromatic heterocycles. The normalized spacial score (nSPS) is 12.4. The molecule has 2 aromatic rings. The van der Waals surface area contributed by atoms with E-state index in [-0.39, 0.29) is 5.38 Å². The molecule has 0 saturated carbocycles. The number of rotatable bonds is 4. The summed E-state index contributed by atoms with van der Waals surface area (Å²) in [7, 11) is 0. The minimum Gasteiger partial charge on any atom is -0.259 e. The fraction of sp³-hybridized carbons (Fsp3) is 0.312. The molecule has 0 N–H and O–H groups in total. The van der Waals surface area contributed by atoms with Gasteiger partial charge in [0.25, 0.3) is 0 Å². The summed E-state index contributed by atoms with van der Waals surface area (Å²) in [5.41, 5.74) is 4.33. The van der Waals surface area contributed by atoms with Gasteiger partial charge in [0.1, 0.15) is 5.38 Å². The number of alkyl halides is 1. The molecule has 0 radical (unpaired) electrons. The number of benzene rings is 1. The first-order valence-electron chi connectivity index (χ1n) is 6.46. The lowest BCUT2D eigenvalue weighted by atomic mass is 9.98. The Hall–Kier alpha value is -1.05. The lowest BCUT2D eigenvalue weighted by Crippen LogP contribution is -2.01. The van der Waals surface area contributed by atoms with Crippen LogP contribution in [0.1, 0.15) is 41.1 Å². The highest BCUT2D eigenvalue weighted by atomic mass is 35.5. The van der Waals surface area contributed by atoms with Crippen LogP contribution in [0.15, 0.2) is 36.5 Å². The van der Waals surface area contributed by atoms with Crippen LogP contribution in [-0.4, -0.2) is 4.98 Å². The maximum Gasteiger partial charge on any atom is 0.101 e. The van der Waals surface area contributed by atoms with Crippen LogP contribution in [0, 0.1) is 6.92 Å². The van der Waals surface area contributed by atoms with E-state index >= 15 is 0 Å². The van der Waals surface area contributed by atoms with E-state index in [1.165, 1.54) is 5.56 Å². The Morgan fingerprint density at radius 1 is 1.21 bits per heavy atom. The molecule has 2 rings (SSSR count). The Balaban J connectivity index is 2.37. The van der Waals surface area contributed by atoms with Gasteiger partial charge in [0.2, 0.25) is 0 Å². The first kappa shape index (κ1) is 14.4. The number of aryl methyl sites for hydroxylation is 2. The molecule has 1 heterocycles. The monoisotopic (exact) mass is 293 g/mol. The Morgan fingerprint density at radius 2 is 2.00 bits per heavy atom. The highest BCUT2D eigenvalue weighted by Gasteiger charge is 2.16. The van der Waals surface area contributed by atoms with Gasteiger partial charge in [-0.05, 0) is 48.2 Å². The van der Waals surface area contributed by atoms with Gasteiger partial charge in [-0.2, -0.15) is 0 Å². The molecule has 1 nitrogen and oxygen atoms in total. The third kappa shape index (κ3) is 3.49. The molecule has 0 aliphatic carbocycles. The minimum atomic E-state index is -0.223. The van der Waals surface area contributed by atoms with Crippen molar-refractivity contribution >= 4 is 23.2 Å². The van der Waals surface area contributed by atoms with Crippen LogP contribution in [0.2, 0.25) is 5.02 Å². The molecule has 0 fully saturated rings. The predicted octanol–water partition coefficient (Wildman–Crippen LogP) is 5.32. The van der Waals surface area contributed by atoms with Crippen molar-refractivity contribution in [1.29, 1.82) is 0 Å². The van der Waals surface area contributed by atoms with Crippen LogP contribution >= 0.6 is 23.2 Å². The minimum absolute atomic E-state index is 0.223. The van der Waals surface area contributed by atoms with Crippen molar-refractivity contribution in [3.05, 3.63) is 63.9 Å². The third-order valence-electron chi connectivity index (χ3n) is 3.09. The molecule has 0 spiro atoms. The maximum atomic E-state index is 6.57. The second-order valence-corrected chi connectivity index (χ2v) is 5.59. The highest BCUT2D eigenvalue weighted by molar-refractivity contribution is 6.30. The molecular formula is C16H17Cl2N. The Kier molecular flexibility index (Phi) is 4.84. The summed E-state index contributed by atoms with van der Waals surface area (Å²) in [6.45, 7) is 4.17. The lowest BCUT2D eigenvalue weighted by Gasteiger charge is -2.15. The molecule has 1 unspecified atom stereocenters. The second-order valence-electron chi connectivity index (χ2n) is 4.72. The summed E-state index contributed by atoms with van der Waals surface area (Å²) in [6.07, 6.45) is 3.89. The predicted molar refractivity (Wildman–Crippen MR) is 82.1 cm³/mol. The highest BCUT2D eigenvalue weighted by Crippen LogP contribution is 2.32. The Morgan fingerprint density at radius 3 is 2.63 bits per heavy atom. The van der Waals surface area contributed by atoms with Gasteiger partial charge in [0.15, 0.2) is 0 Å². The van der Waals surface area contributed by atoms with Crippen LogP contribution in [0.3, 0.4) is 0 Å². The van der Waals surface area contributed by atoms with Crippen molar-refractivity contribution < 1.29 is 0 Å². The van der Waals surface area contributed by atoms with Gasteiger partial charge < -0.3 is 0 Å². The van der Waals surface area contributed by atoms with Crippen molar-refractivity contribution in [3.8, 4) is 0 Å². The van der Waals surface area contributed by atoms with Gasteiger partial charge >= 0.3 is 0 Å². The van der Waals surface area contributed by atoms with Crippen LogP contribution in [-0.2, 0) is 6.42 Å². The van der Waals surface area contributed by atoms with Gasteiger partial charge in [-0.1, -0.05) is 37.1 Å². The van der Waals surface area contributed by atoms with Gasteiger partial charge in [-0.3, -0.25) is 4.98 Å². The number of aromatic nitrogens is 1. The zero-order chi connectivity index (χ0) is 13.8. The second kappa shape index (κ2) is 6.40. The lowest BCUT2D eigenvalue weighted by molar-refractivity contribution is 0.893. The van der Waals surface area contributed by atoms with Crippen LogP contribution in [0.25, 0.3) is 0 Å². The molecule has 0 aliphatic heterocycles. The zero-order valence-electron chi connectivity index (χ0n) is 11.2. The van der Waals surface area contributed by atoms with Crippen molar-refractivity contribution in [2.75, 3.05) is 0 Å². The molecule has 0 saturated heterocycles. The van der Waals surface area contributed by atoms with Crippen molar-refractivity contribution in [3.63, 3.8) is 0 Å². The fourth-order valence-corrected chi connectivity index (χ4v) is 2.63. The number of nitrogens with zero attached hydrogens (tertiary/aromatic N) is 1. The molecule has 1 atom stereocenters. The van der Waals surface area contributed by atoms with Crippen LogP contribution < -0.4 is 0 Å². The molecular weight excluding hydrogens is 277 g/mol. The molecule has 0 aliphatic rings. The number of pyridine rings is 1.